The van der Waals surface area contributed by atoms with Crippen molar-refractivity contribution in [2.75, 3.05) is 10.3 Å². The first-order chi connectivity index (χ1) is 12.7. The highest BCUT2D eigenvalue weighted by Gasteiger charge is 2.32. The Labute approximate surface area is 151 Å². The zero-order valence-corrected chi connectivity index (χ0v) is 14.3. The molecule has 1 N–H and O–H groups in total. The Hall–Kier alpha value is -3.41. The maximum Gasteiger partial charge on any atom is 0.273 e. The molecule has 0 bridgehead atoms. The van der Waals surface area contributed by atoms with Crippen molar-refractivity contribution in [1.82, 2.24) is 5.16 Å². The van der Waals surface area contributed by atoms with Gasteiger partial charge in [0.05, 0.1) is 11.7 Å². The molecule has 0 radical (unpaired) electrons. The van der Waals surface area contributed by atoms with Crippen LogP contribution in [0.25, 0.3) is 0 Å². The largest absolute Gasteiger partial charge is 0.360 e. The van der Waals surface area contributed by atoms with Crippen molar-refractivity contribution < 1.29 is 9.32 Å². The summed E-state index contributed by atoms with van der Waals surface area (Å²) in [7, 11) is 0. The normalized spacial score (nSPS) is 16.4. The molecule has 26 heavy (non-hydrogen) atoms. The molecule has 3 aromatic rings. The van der Waals surface area contributed by atoms with E-state index in [1.54, 1.807) is 13.0 Å². The van der Waals surface area contributed by atoms with Crippen LogP contribution in [-0.4, -0.2) is 16.8 Å². The van der Waals surface area contributed by atoms with Gasteiger partial charge in [0, 0.05) is 12.5 Å². The highest BCUT2D eigenvalue weighted by atomic mass is 16.5. The predicted octanol–water partition coefficient (Wildman–Crippen LogP) is 3.93. The molecule has 4 rings (SSSR count). The van der Waals surface area contributed by atoms with Gasteiger partial charge in [-0.25, -0.2) is 0 Å². The maximum atomic E-state index is 12.6. The number of para-hydroxylation sites is 1. The van der Waals surface area contributed by atoms with Crippen LogP contribution in [0.5, 0.6) is 0 Å². The van der Waals surface area contributed by atoms with Crippen molar-refractivity contribution in [3.05, 3.63) is 78.1 Å². The number of hydrazone groups is 1. The molecule has 2 aromatic carbocycles. The number of carbonyl (C=O) groups excluding carboxylic acids is 1. The van der Waals surface area contributed by atoms with Crippen LogP contribution in [0.15, 0.2) is 76.4 Å². The van der Waals surface area contributed by atoms with Crippen LogP contribution in [-0.2, 0) is 4.79 Å². The van der Waals surface area contributed by atoms with E-state index < -0.39 is 0 Å². The summed E-state index contributed by atoms with van der Waals surface area (Å²) >= 11 is 0. The number of carbonyl (C=O) groups is 1. The summed E-state index contributed by atoms with van der Waals surface area (Å²) in [6, 6.07) is 21.6. The minimum absolute atomic E-state index is 0.0293. The second-order valence-electron chi connectivity index (χ2n) is 6.13. The van der Waals surface area contributed by atoms with E-state index in [2.05, 4.69) is 27.7 Å². The van der Waals surface area contributed by atoms with Crippen molar-refractivity contribution in [2.45, 2.75) is 19.4 Å². The fraction of sp³-hybridized carbons (Fsp3) is 0.150. The van der Waals surface area contributed by atoms with E-state index in [1.807, 2.05) is 53.5 Å². The molecule has 1 atom stereocenters. The number of rotatable bonds is 4. The Morgan fingerprint density at radius 1 is 1.12 bits per heavy atom. The summed E-state index contributed by atoms with van der Waals surface area (Å²) in [5, 5.41) is 13.1. The van der Waals surface area contributed by atoms with Crippen molar-refractivity contribution in [3.8, 4) is 0 Å². The fourth-order valence-electron chi connectivity index (χ4n) is 3.01. The third-order valence-corrected chi connectivity index (χ3v) is 4.25. The molecular weight excluding hydrogens is 328 g/mol. The number of amides is 1. The second kappa shape index (κ2) is 6.84. The first-order valence-corrected chi connectivity index (χ1v) is 8.42. The van der Waals surface area contributed by atoms with Gasteiger partial charge in [0.2, 0.25) is 0 Å². The van der Waals surface area contributed by atoms with Crippen LogP contribution in [0.1, 0.15) is 23.8 Å². The van der Waals surface area contributed by atoms with Crippen molar-refractivity contribution in [1.29, 1.82) is 0 Å². The minimum Gasteiger partial charge on any atom is -0.360 e. The topological polar surface area (TPSA) is 70.7 Å². The third kappa shape index (κ3) is 3.21. The maximum absolute atomic E-state index is 12.6. The third-order valence-electron chi connectivity index (χ3n) is 4.25. The summed E-state index contributed by atoms with van der Waals surface area (Å²) in [6.45, 7) is 1.78. The lowest BCUT2D eigenvalue weighted by Crippen LogP contribution is -2.22. The van der Waals surface area contributed by atoms with Gasteiger partial charge < -0.3 is 9.84 Å². The minimum atomic E-state index is -0.266. The molecule has 1 aliphatic heterocycles. The predicted molar refractivity (Wildman–Crippen MR) is 100 cm³/mol. The van der Waals surface area contributed by atoms with Crippen LogP contribution < -0.4 is 10.3 Å². The van der Waals surface area contributed by atoms with Gasteiger partial charge >= 0.3 is 0 Å². The zero-order chi connectivity index (χ0) is 17.9. The first kappa shape index (κ1) is 16.1. The zero-order valence-electron chi connectivity index (χ0n) is 14.3. The molecule has 0 saturated carbocycles. The Morgan fingerprint density at radius 3 is 2.46 bits per heavy atom. The van der Waals surface area contributed by atoms with E-state index >= 15 is 0 Å². The smallest absolute Gasteiger partial charge is 0.273 e. The van der Waals surface area contributed by atoms with Crippen LogP contribution >= 0.6 is 0 Å². The first-order valence-electron chi connectivity index (χ1n) is 8.42. The molecule has 2 heterocycles. The summed E-state index contributed by atoms with van der Waals surface area (Å²) < 4.78 is 4.99. The van der Waals surface area contributed by atoms with E-state index in [0.717, 1.165) is 11.3 Å². The molecule has 1 aromatic heterocycles. The number of nitrogens with zero attached hydrogens (tertiary/aromatic N) is 3. The highest BCUT2D eigenvalue weighted by molar-refractivity contribution is 6.43. The molecular formula is C20H18N4O2. The van der Waals surface area contributed by atoms with Crippen LogP contribution in [0.4, 0.5) is 11.5 Å². The SMILES string of the molecule is Cc1cc(NC(=O)C2=NN(c3ccccc3)[C@H](c3ccccc3)C2)no1. The number of aromatic nitrogens is 1. The lowest BCUT2D eigenvalue weighted by Gasteiger charge is -2.23. The molecule has 1 amide bonds. The molecule has 0 aliphatic carbocycles. The van der Waals surface area contributed by atoms with Crippen molar-refractivity contribution in [2.24, 2.45) is 5.10 Å². The van der Waals surface area contributed by atoms with E-state index in [0.29, 0.717) is 23.7 Å². The summed E-state index contributed by atoms with van der Waals surface area (Å²) in [5.74, 6) is 0.768. The number of hydrogen-bond donors (Lipinski definition) is 1. The van der Waals surface area contributed by atoms with Crippen molar-refractivity contribution >= 4 is 23.1 Å². The van der Waals surface area contributed by atoms with Gasteiger partial charge in [0.1, 0.15) is 11.5 Å². The highest BCUT2D eigenvalue weighted by Crippen LogP contribution is 2.35. The van der Waals surface area contributed by atoms with Crippen LogP contribution in [0.2, 0.25) is 0 Å². The Balaban J connectivity index is 1.62. The van der Waals surface area contributed by atoms with E-state index in [-0.39, 0.29) is 11.9 Å². The molecule has 1 aliphatic rings. The Kier molecular flexibility index (Phi) is 4.23. The van der Waals surface area contributed by atoms with E-state index in [1.165, 1.54) is 0 Å². The van der Waals surface area contributed by atoms with E-state index in [9.17, 15) is 4.79 Å². The number of benzene rings is 2. The fourth-order valence-corrected chi connectivity index (χ4v) is 3.01. The number of hydrogen-bond acceptors (Lipinski definition) is 5. The monoisotopic (exact) mass is 346 g/mol. The number of aryl methyl sites for hydroxylation is 1. The van der Waals surface area contributed by atoms with Crippen LogP contribution in [0.3, 0.4) is 0 Å². The van der Waals surface area contributed by atoms with Crippen LogP contribution in [0, 0.1) is 6.92 Å². The average Bonchev–Trinajstić information content (AvgIpc) is 3.30. The molecule has 6 nitrogen and oxygen atoms in total. The molecule has 0 spiro atoms. The molecule has 0 unspecified atom stereocenters. The summed E-state index contributed by atoms with van der Waals surface area (Å²) in [6.07, 6.45) is 0.515. The molecule has 130 valence electrons. The number of nitrogens with one attached hydrogen (secondary N) is 1. The van der Waals surface area contributed by atoms with E-state index in [4.69, 9.17) is 4.52 Å². The van der Waals surface area contributed by atoms with Gasteiger partial charge in [0.25, 0.3) is 5.91 Å². The molecule has 0 saturated heterocycles. The Morgan fingerprint density at radius 2 is 1.81 bits per heavy atom. The average molecular weight is 346 g/mol. The van der Waals surface area contributed by atoms with Gasteiger partial charge in [0.15, 0.2) is 5.82 Å². The second-order valence-corrected chi connectivity index (χ2v) is 6.13. The lowest BCUT2D eigenvalue weighted by molar-refractivity contribution is -0.110. The number of anilines is 2. The molecule has 0 fully saturated rings. The standard InChI is InChI=1S/C20H18N4O2/c1-14-12-19(23-26-14)21-20(25)17-13-18(15-8-4-2-5-9-15)24(22-17)16-10-6-3-7-11-16/h2-12,18H,13H2,1H3,(H,21,23,25)/t18-/m0/s1. The van der Waals surface area contributed by atoms with Gasteiger partial charge in [-0.2, -0.15) is 5.10 Å². The van der Waals surface area contributed by atoms with Gasteiger partial charge in [-0.05, 0) is 24.6 Å². The summed E-state index contributed by atoms with van der Waals surface area (Å²) in [5.41, 5.74) is 2.52. The summed E-state index contributed by atoms with van der Waals surface area (Å²) in [4.78, 5) is 12.6. The van der Waals surface area contributed by atoms with Crippen molar-refractivity contribution in [3.63, 3.8) is 0 Å². The van der Waals surface area contributed by atoms with Gasteiger partial charge in [-0.15, -0.1) is 0 Å². The lowest BCUT2D eigenvalue weighted by atomic mass is 10.0. The Bertz CT molecular complexity index is 935. The quantitative estimate of drug-likeness (QED) is 0.777. The van der Waals surface area contributed by atoms with Gasteiger partial charge in [-0.3, -0.25) is 9.80 Å². The van der Waals surface area contributed by atoms with Gasteiger partial charge in [-0.1, -0.05) is 53.7 Å². The molecule has 6 heteroatoms.